The fourth-order valence-corrected chi connectivity index (χ4v) is 4.96. The Kier molecular flexibility index (Phi) is 5.95. The van der Waals surface area contributed by atoms with E-state index in [1.807, 2.05) is 53.5 Å². The van der Waals surface area contributed by atoms with Crippen LogP contribution in [0.4, 0.5) is 5.95 Å². The van der Waals surface area contributed by atoms with Crippen LogP contribution in [0.15, 0.2) is 113 Å². The molecule has 0 radical (unpaired) electrons. The van der Waals surface area contributed by atoms with Crippen molar-refractivity contribution in [2.24, 2.45) is 5.10 Å². The smallest absolute Gasteiger partial charge is 0.247 e. The second-order valence-electron chi connectivity index (χ2n) is 8.65. The Morgan fingerprint density at radius 3 is 2.25 bits per heavy atom. The van der Waals surface area contributed by atoms with E-state index in [2.05, 4.69) is 70.5 Å². The van der Waals surface area contributed by atoms with E-state index in [4.69, 9.17) is 19.8 Å². The molecule has 1 aliphatic rings. The molecule has 0 aliphatic carbocycles. The molecule has 1 aromatic heterocycles. The average Bonchev–Trinajstić information content (AvgIpc) is 3.39. The van der Waals surface area contributed by atoms with Gasteiger partial charge in [-0.2, -0.15) is 5.10 Å². The average molecular weight is 535 g/mol. The maximum absolute atomic E-state index is 5.34. The number of fused-ring (bicyclic) bond motifs is 1. The van der Waals surface area contributed by atoms with Gasteiger partial charge in [0.1, 0.15) is 5.75 Å². The Bertz CT molecular complexity index is 1550. The lowest BCUT2D eigenvalue weighted by Gasteiger charge is -2.23. The highest BCUT2D eigenvalue weighted by Crippen LogP contribution is 2.38. The molecule has 2 heterocycles. The predicted octanol–water partition coefficient (Wildman–Crippen LogP) is 7.42. The molecule has 0 saturated carbocycles. The maximum Gasteiger partial charge on any atom is 0.247 e. The van der Waals surface area contributed by atoms with Gasteiger partial charge in [-0.3, -0.25) is 0 Å². The molecule has 4 aromatic carbocycles. The van der Waals surface area contributed by atoms with Gasteiger partial charge in [0.15, 0.2) is 0 Å². The SMILES string of the molecule is COc1ccc(C2=NN(c3nc(-c4ccccc4)c4cc(Br)ccc4n3)[C@@H](c3ccccc3)C2)cc1. The highest BCUT2D eigenvalue weighted by Gasteiger charge is 2.32. The number of anilines is 1. The minimum atomic E-state index is -0.0141. The Balaban J connectivity index is 1.52. The fraction of sp³-hybridized carbons (Fsp3) is 0.100. The van der Waals surface area contributed by atoms with Gasteiger partial charge in [-0.1, -0.05) is 76.6 Å². The zero-order valence-electron chi connectivity index (χ0n) is 19.7. The lowest BCUT2D eigenvalue weighted by atomic mass is 9.98. The summed E-state index contributed by atoms with van der Waals surface area (Å²) in [6.07, 6.45) is 0.749. The third-order valence-electron chi connectivity index (χ3n) is 6.42. The molecule has 0 spiro atoms. The molecule has 0 N–H and O–H groups in total. The van der Waals surface area contributed by atoms with Gasteiger partial charge in [-0.15, -0.1) is 0 Å². The van der Waals surface area contributed by atoms with Crippen LogP contribution in [0.3, 0.4) is 0 Å². The van der Waals surface area contributed by atoms with E-state index in [1.54, 1.807) is 7.11 Å². The van der Waals surface area contributed by atoms with Crippen molar-refractivity contribution >= 4 is 38.5 Å². The Morgan fingerprint density at radius 1 is 0.806 bits per heavy atom. The predicted molar refractivity (Wildman–Crippen MR) is 148 cm³/mol. The first-order chi connectivity index (χ1) is 17.7. The Labute approximate surface area is 218 Å². The van der Waals surface area contributed by atoms with E-state index in [1.165, 1.54) is 5.56 Å². The minimum Gasteiger partial charge on any atom is -0.497 e. The summed E-state index contributed by atoms with van der Waals surface area (Å²) in [6.45, 7) is 0. The first-order valence-electron chi connectivity index (χ1n) is 11.8. The topological polar surface area (TPSA) is 50.6 Å². The summed E-state index contributed by atoms with van der Waals surface area (Å²) >= 11 is 3.61. The van der Waals surface area contributed by atoms with Gasteiger partial charge in [0.25, 0.3) is 0 Å². The zero-order valence-corrected chi connectivity index (χ0v) is 21.3. The van der Waals surface area contributed by atoms with E-state index in [0.717, 1.165) is 50.1 Å². The molecule has 1 aliphatic heterocycles. The van der Waals surface area contributed by atoms with Gasteiger partial charge in [0, 0.05) is 21.8 Å². The minimum absolute atomic E-state index is 0.0141. The quantitative estimate of drug-likeness (QED) is 0.235. The number of ether oxygens (including phenoxy) is 1. The number of hydrazone groups is 1. The summed E-state index contributed by atoms with van der Waals surface area (Å²) in [6, 6.07) is 34.8. The first-order valence-corrected chi connectivity index (χ1v) is 12.6. The number of benzene rings is 4. The molecule has 6 rings (SSSR count). The molecule has 36 heavy (non-hydrogen) atoms. The van der Waals surface area contributed by atoms with Crippen molar-refractivity contribution in [2.75, 3.05) is 12.1 Å². The zero-order chi connectivity index (χ0) is 24.5. The van der Waals surface area contributed by atoms with Crippen LogP contribution in [-0.4, -0.2) is 22.8 Å². The highest BCUT2D eigenvalue weighted by molar-refractivity contribution is 9.10. The standard InChI is InChI=1S/C30H23BrN4O/c1-36-24-15-12-20(13-16-24)27-19-28(21-8-4-2-5-9-21)35(34-27)30-32-26-17-14-23(31)18-25(26)29(33-30)22-10-6-3-7-11-22/h2-18,28H,19H2,1H3/t28-/m1/s1. The molecule has 0 bridgehead atoms. The molecule has 176 valence electrons. The second-order valence-corrected chi connectivity index (χ2v) is 9.57. The van der Waals surface area contributed by atoms with Crippen molar-refractivity contribution in [3.8, 4) is 17.0 Å². The van der Waals surface area contributed by atoms with Gasteiger partial charge in [0.05, 0.1) is 30.1 Å². The monoisotopic (exact) mass is 534 g/mol. The highest BCUT2D eigenvalue weighted by atomic mass is 79.9. The van der Waals surface area contributed by atoms with Crippen LogP contribution in [-0.2, 0) is 0 Å². The van der Waals surface area contributed by atoms with Crippen LogP contribution in [0.2, 0.25) is 0 Å². The molecular formula is C30H23BrN4O. The van der Waals surface area contributed by atoms with Crippen molar-refractivity contribution in [1.82, 2.24) is 9.97 Å². The van der Waals surface area contributed by atoms with Gasteiger partial charge >= 0.3 is 0 Å². The maximum atomic E-state index is 5.34. The van der Waals surface area contributed by atoms with Crippen LogP contribution < -0.4 is 9.75 Å². The van der Waals surface area contributed by atoms with E-state index < -0.39 is 0 Å². The van der Waals surface area contributed by atoms with Crippen molar-refractivity contribution in [3.05, 3.63) is 119 Å². The van der Waals surface area contributed by atoms with E-state index in [-0.39, 0.29) is 6.04 Å². The molecule has 0 fully saturated rings. The van der Waals surface area contributed by atoms with E-state index in [0.29, 0.717) is 5.95 Å². The van der Waals surface area contributed by atoms with E-state index in [9.17, 15) is 0 Å². The number of nitrogens with zero attached hydrogens (tertiary/aromatic N) is 4. The van der Waals surface area contributed by atoms with Gasteiger partial charge in [-0.25, -0.2) is 15.0 Å². The summed E-state index contributed by atoms with van der Waals surface area (Å²) in [5, 5.41) is 8.05. The number of methoxy groups -OCH3 is 1. The number of rotatable bonds is 5. The molecular weight excluding hydrogens is 512 g/mol. The summed E-state index contributed by atoms with van der Waals surface area (Å²) < 4.78 is 6.34. The van der Waals surface area contributed by atoms with Crippen LogP contribution in [0, 0.1) is 0 Å². The lowest BCUT2D eigenvalue weighted by Crippen LogP contribution is -2.21. The fourth-order valence-electron chi connectivity index (χ4n) is 4.59. The molecule has 6 heteroatoms. The largest absolute Gasteiger partial charge is 0.497 e. The van der Waals surface area contributed by atoms with Gasteiger partial charge in [-0.05, 0) is 53.6 Å². The number of halogens is 1. The number of aromatic nitrogens is 2. The molecule has 0 amide bonds. The van der Waals surface area contributed by atoms with Crippen molar-refractivity contribution in [2.45, 2.75) is 12.5 Å². The van der Waals surface area contributed by atoms with Crippen LogP contribution in [0.25, 0.3) is 22.2 Å². The van der Waals surface area contributed by atoms with Gasteiger partial charge < -0.3 is 4.74 Å². The number of hydrogen-bond donors (Lipinski definition) is 0. The molecule has 0 unspecified atom stereocenters. The van der Waals surface area contributed by atoms with Crippen molar-refractivity contribution in [1.29, 1.82) is 0 Å². The summed E-state index contributed by atoms with van der Waals surface area (Å²) in [7, 11) is 1.68. The molecule has 5 nitrogen and oxygen atoms in total. The second kappa shape index (κ2) is 9.55. The molecule has 1 atom stereocenters. The lowest BCUT2D eigenvalue weighted by molar-refractivity contribution is 0.415. The van der Waals surface area contributed by atoms with Crippen LogP contribution >= 0.6 is 15.9 Å². The van der Waals surface area contributed by atoms with Crippen molar-refractivity contribution < 1.29 is 4.74 Å². The summed E-state index contributed by atoms with van der Waals surface area (Å²) in [4.78, 5) is 10.1. The van der Waals surface area contributed by atoms with Crippen LogP contribution in [0.5, 0.6) is 5.75 Å². The van der Waals surface area contributed by atoms with Crippen LogP contribution in [0.1, 0.15) is 23.6 Å². The Hall–Kier alpha value is -4.03. The first kappa shape index (κ1) is 22.4. The Morgan fingerprint density at radius 2 is 1.53 bits per heavy atom. The third kappa shape index (κ3) is 4.25. The number of hydrogen-bond acceptors (Lipinski definition) is 5. The van der Waals surface area contributed by atoms with Crippen molar-refractivity contribution in [3.63, 3.8) is 0 Å². The summed E-state index contributed by atoms with van der Waals surface area (Å²) in [5.41, 5.74) is 6.03. The van der Waals surface area contributed by atoms with Gasteiger partial charge in [0.2, 0.25) is 5.95 Å². The molecule has 0 saturated heterocycles. The normalized spacial score (nSPS) is 15.2. The summed E-state index contributed by atoms with van der Waals surface area (Å²) in [5.74, 6) is 1.41. The third-order valence-corrected chi connectivity index (χ3v) is 6.91. The van der Waals surface area contributed by atoms with E-state index >= 15 is 0 Å². The molecule has 5 aromatic rings.